The molecule has 1 aliphatic heterocycles. The molecule has 2 heterocycles. The third-order valence-corrected chi connectivity index (χ3v) is 4.91. The summed E-state index contributed by atoms with van der Waals surface area (Å²) in [5.41, 5.74) is 5.91. The smallest absolute Gasteiger partial charge is 0.242 e. The van der Waals surface area contributed by atoms with Crippen molar-refractivity contribution in [3.8, 4) is 0 Å². The number of nitrogens with two attached hydrogens (primary N) is 1. The fourth-order valence-electron chi connectivity index (χ4n) is 2.23. The van der Waals surface area contributed by atoms with Crippen LogP contribution in [0.3, 0.4) is 0 Å². The van der Waals surface area contributed by atoms with Crippen LogP contribution in [0.1, 0.15) is 12.1 Å². The van der Waals surface area contributed by atoms with E-state index in [2.05, 4.69) is 14.6 Å². The van der Waals surface area contributed by atoms with Crippen molar-refractivity contribution in [2.24, 2.45) is 5.73 Å². The second kappa shape index (κ2) is 7.81. The van der Waals surface area contributed by atoms with Gasteiger partial charge in [0.2, 0.25) is 10.0 Å². The molecule has 1 fully saturated rings. The van der Waals surface area contributed by atoms with Crippen molar-refractivity contribution in [2.75, 3.05) is 39.4 Å². The summed E-state index contributed by atoms with van der Waals surface area (Å²) in [6.45, 7) is 4.69. The van der Waals surface area contributed by atoms with Crippen molar-refractivity contribution in [2.45, 2.75) is 17.9 Å². The Labute approximate surface area is 125 Å². The maximum atomic E-state index is 12.2. The Bertz CT molecular complexity index is 544. The standard InChI is InChI=1S/C13H22N4O3S/c14-11-12-13(3-1-4-15-12)21(18,19)16-5-2-6-17-7-9-20-10-8-17/h1,3-4,16H,2,5-11,14H2. The van der Waals surface area contributed by atoms with Gasteiger partial charge in [0.15, 0.2) is 0 Å². The highest BCUT2D eigenvalue weighted by Crippen LogP contribution is 2.12. The fraction of sp³-hybridized carbons (Fsp3) is 0.615. The van der Waals surface area contributed by atoms with Crippen molar-refractivity contribution >= 4 is 10.0 Å². The highest BCUT2D eigenvalue weighted by molar-refractivity contribution is 7.89. The zero-order valence-corrected chi connectivity index (χ0v) is 12.8. The average molecular weight is 314 g/mol. The molecule has 0 aliphatic carbocycles. The van der Waals surface area contributed by atoms with Crippen LogP contribution in [-0.2, 0) is 21.3 Å². The number of hydrogen-bond donors (Lipinski definition) is 2. The molecule has 0 radical (unpaired) electrons. The number of morpholine rings is 1. The van der Waals surface area contributed by atoms with Gasteiger partial charge < -0.3 is 10.5 Å². The number of rotatable bonds is 7. The van der Waals surface area contributed by atoms with Crippen LogP contribution in [0.15, 0.2) is 23.2 Å². The number of nitrogens with zero attached hydrogens (tertiary/aromatic N) is 2. The molecule has 1 saturated heterocycles. The minimum Gasteiger partial charge on any atom is -0.379 e. The lowest BCUT2D eigenvalue weighted by Gasteiger charge is -2.26. The molecular formula is C13H22N4O3S. The molecule has 1 aromatic rings. The quantitative estimate of drug-likeness (QED) is 0.661. The summed E-state index contributed by atoms with van der Waals surface area (Å²) < 4.78 is 32.3. The van der Waals surface area contributed by atoms with Gasteiger partial charge in [-0.1, -0.05) is 0 Å². The summed E-state index contributed by atoms with van der Waals surface area (Å²) in [5, 5.41) is 0. The van der Waals surface area contributed by atoms with Gasteiger partial charge in [0, 0.05) is 32.4 Å². The van der Waals surface area contributed by atoms with Crippen LogP contribution in [0.25, 0.3) is 0 Å². The van der Waals surface area contributed by atoms with Gasteiger partial charge in [0.1, 0.15) is 4.90 Å². The van der Waals surface area contributed by atoms with Crippen LogP contribution in [0, 0.1) is 0 Å². The number of ether oxygens (including phenoxy) is 1. The van der Waals surface area contributed by atoms with E-state index in [-0.39, 0.29) is 11.4 Å². The molecule has 0 aromatic carbocycles. The molecule has 1 aromatic heterocycles. The van der Waals surface area contributed by atoms with E-state index in [1.54, 1.807) is 12.3 Å². The second-order valence-electron chi connectivity index (χ2n) is 4.86. The zero-order valence-electron chi connectivity index (χ0n) is 12.0. The first-order valence-corrected chi connectivity index (χ1v) is 8.55. The van der Waals surface area contributed by atoms with Gasteiger partial charge in [-0.3, -0.25) is 9.88 Å². The van der Waals surface area contributed by atoms with Crippen LogP contribution >= 0.6 is 0 Å². The van der Waals surface area contributed by atoms with Crippen molar-refractivity contribution in [1.29, 1.82) is 0 Å². The molecule has 3 N–H and O–H groups in total. The number of aromatic nitrogens is 1. The SMILES string of the molecule is NCc1ncccc1S(=O)(=O)NCCCN1CCOCC1. The Balaban J connectivity index is 1.83. The largest absolute Gasteiger partial charge is 0.379 e. The monoisotopic (exact) mass is 314 g/mol. The van der Waals surface area contributed by atoms with E-state index in [0.29, 0.717) is 12.2 Å². The van der Waals surface area contributed by atoms with Crippen LogP contribution in [0.5, 0.6) is 0 Å². The third kappa shape index (κ3) is 4.72. The van der Waals surface area contributed by atoms with Crippen LogP contribution in [0.2, 0.25) is 0 Å². The predicted octanol–water partition coefficient (Wildman–Crippen LogP) is -0.459. The molecule has 0 unspecified atom stereocenters. The van der Waals surface area contributed by atoms with E-state index in [4.69, 9.17) is 10.5 Å². The van der Waals surface area contributed by atoms with Gasteiger partial charge >= 0.3 is 0 Å². The Hall–Kier alpha value is -1.06. The molecule has 8 heteroatoms. The maximum absolute atomic E-state index is 12.2. The molecule has 0 saturated carbocycles. The predicted molar refractivity (Wildman–Crippen MR) is 79.2 cm³/mol. The first kappa shape index (κ1) is 16.3. The first-order valence-electron chi connectivity index (χ1n) is 7.07. The summed E-state index contributed by atoms with van der Waals surface area (Å²) >= 11 is 0. The van der Waals surface area contributed by atoms with Gasteiger partial charge in [-0.2, -0.15) is 0 Å². The van der Waals surface area contributed by atoms with Crippen LogP contribution < -0.4 is 10.5 Å². The lowest BCUT2D eigenvalue weighted by atomic mass is 10.3. The molecular weight excluding hydrogens is 292 g/mol. The van der Waals surface area contributed by atoms with E-state index in [9.17, 15) is 8.42 Å². The van der Waals surface area contributed by atoms with E-state index < -0.39 is 10.0 Å². The first-order chi connectivity index (χ1) is 10.1. The van der Waals surface area contributed by atoms with Crippen molar-refractivity contribution in [3.63, 3.8) is 0 Å². The Morgan fingerprint density at radius 2 is 2.14 bits per heavy atom. The average Bonchev–Trinajstić information content (AvgIpc) is 2.52. The van der Waals surface area contributed by atoms with Gasteiger partial charge in [0.05, 0.1) is 18.9 Å². The molecule has 0 bridgehead atoms. The summed E-state index contributed by atoms with van der Waals surface area (Å²) in [6.07, 6.45) is 2.30. The highest BCUT2D eigenvalue weighted by atomic mass is 32.2. The minimum atomic E-state index is -3.54. The fourth-order valence-corrected chi connectivity index (χ4v) is 3.51. The summed E-state index contributed by atoms with van der Waals surface area (Å²) in [4.78, 5) is 6.44. The van der Waals surface area contributed by atoms with Crippen molar-refractivity contribution in [1.82, 2.24) is 14.6 Å². The van der Waals surface area contributed by atoms with E-state index >= 15 is 0 Å². The second-order valence-corrected chi connectivity index (χ2v) is 6.59. The van der Waals surface area contributed by atoms with Gasteiger partial charge in [-0.15, -0.1) is 0 Å². The van der Waals surface area contributed by atoms with Gasteiger partial charge in [0.25, 0.3) is 0 Å². The molecule has 0 atom stereocenters. The van der Waals surface area contributed by atoms with E-state index in [0.717, 1.165) is 39.3 Å². The normalized spacial score (nSPS) is 17.0. The summed E-state index contributed by atoms with van der Waals surface area (Å²) in [6, 6.07) is 3.13. The highest BCUT2D eigenvalue weighted by Gasteiger charge is 2.18. The molecule has 7 nitrogen and oxygen atoms in total. The Morgan fingerprint density at radius 3 is 2.86 bits per heavy atom. The van der Waals surface area contributed by atoms with E-state index in [1.165, 1.54) is 6.07 Å². The minimum absolute atomic E-state index is 0.102. The van der Waals surface area contributed by atoms with Crippen LogP contribution in [-0.4, -0.2) is 57.7 Å². The molecule has 2 rings (SSSR count). The third-order valence-electron chi connectivity index (χ3n) is 3.38. The van der Waals surface area contributed by atoms with Crippen molar-refractivity contribution < 1.29 is 13.2 Å². The number of hydrogen-bond acceptors (Lipinski definition) is 6. The maximum Gasteiger partial charge on any atom is 0.242 e. The summed E-state index contributed by atoms with van der Waals surface area (Å²) in [7, 11) is -3.54. The number of sulfonamides is 1. The molecule has 1 aliphatic rings. The van der Waals surface area contributed by atoms with Gasteiger partial charge in [-0.25, -0.2) is 13.1 Å². The van der Waals surface area contributed by atoms with Crippen molar-refractivity contribution in [3.05, 3.63) is 24.0 Å². The molecule has 21 heavy (non-hydrogen) atoms. The summed E-state index contributed by atoms with van der Waals surface area (Å²) in [5.74, 6) is 0. The topological polar surface area (TPSA) is 97.5 Å². The Kier molecular flexibility index (Phi) is 6.07. The zero-order chi connectivity index (χ0) is 15.1. The van der Waals surface area contributed by atoms with Gasteiger partial charge in [-0.05, 0) is 25.1 Å². The molecule has 118 valence electrons. The number of nitrogens with one attached hydrogen (secondary N) is 1. The number of pyridine rings is 1. The Morgan fingerprint density at radius 1 is 1.38 bits per heavy atom. The molecule has 0 amide bonds. The molecule has 0 spiro atoms. The van der Waals surface area contributed by atoms with Crippen LogP contribution in [0.4, 0.5) is 0 Å². The lowest BCUT2D eigenvalue weighted by molar-refractivity contribution is 0.0376. The lowest BCUT2D eigenvalue weighted by Crippen LogP contribution is -2.38. The van der Waals surface area contributed by atoms with E-state index in [1.807, 2.05) is 0 Å².